The van der Waals surface area contributed by atoms with E-state index in [9.17, 15) is 0 Å². The molecule has 5 heteroatoms. The molecule has 2 aliphatic heterocycles. The minimum Gasteiger partial charge on any atom is -0.354 e. The van der Waals surface area contributed by atoms with E-state index in [1.807, 2.05) is 0 Å². The number of fused-ring (bicyclic) bond motifs is 8. The molecular formula is C50H48N4S. The lowest BCUT2D eigenvalue weighted by Gasteiger charge is -2.13. The fraction of sp³-hybridized carbons (Fsp3) is 0.240. The van der Waals surface area contributed by atoms with Crippen LogP contribution in [-0.4, -0.2) is 26.2 Å². The maximum absolute atomic E-state index is 5.55. The van der Waals surface area contributed by atoms with Gasteiger partial charge in [-0.25, -0.2) is 9.97 Å². The quantitative estimate of drug-likeness (QED) is 0.173. The van der Waals surface area contributed by atoms with Crippen molar-refractivity contribution >= 4 is 58.1 Å². The molecule has 0 saturated heterocycles. The van der Waals surface area contributed by atoms with Gasteiger partial charge < -0.3 is 9.97 Å². The zero-order valence-electron chi connectivity index (χ0n) is 32.9. The van der Waals surface area contributed by atoms with E-state index in [2.05, 4.69) is 155 Å². The molecule has 274 valence electrons. The Morgan fingerprint density at radius 1 is 0.491 bits per heavy atom. The minimum atomic E-state index is 0.657. The molecule has 6 aromatic rings. The third-order valence-corrected chi connectivity index (χ3v) is 12.6. The fourth-order valence-electron chi connectivity index (χ4n) is 9.55. The Hall–Kier alpha value is -5.39. The summed E-state index contributed by atoms with van der Waals surface area (Å²) in [6, 6.07) is 27.4. The third kappa shape index (κ3) is 6.29. The number of rotatable bonds is 5. The van der Waals surface area contributed by atoms with Crippen LogP contribution >= 0.6 is 11.8 Å². The molecule has 55 heavy (non-hydrogen) atoms. The Bertz CT molecular complexity index is 2650. The van der Waals surface area contributed by atoms with Crippen molar-refractivity contribution in [3.8, 4) is 33.4 Å². The highest BCUT2D eigenvalue weighted by molar-refractivity contribution is 7.98. The Morgan fingerprint density at radius 3 is 1.42 bits per heavy atom. The summed E-state index contributed by atoms with van der Waals surface area (Å²) in [6.07, 6.45) is 16.1. The van der Waals surface area contributed by atoms with Crippen LogP contribution in [0.1, 0.15) is 93.3 Å². The summed E-state index contributed by atoms with van der Waals surface area (Å²) in [6.45, 7) is 13.2. The van der Waals surface area contributed by atoms with Gasteiger partial charge >= 0.3 is 0 Å². The molecule has 3 aliphatic rings. The first kappa shape index (κ1) is 35.3. The van der Waals surface area contributed by atoms with Gasteiger partial charge in [0.25, 0.3) is 0 Å². The van der Waals surface area contributed by atoms with E-state index in [1.165, 1.54) is 75.8 Å². The van der Waals surface area contributed by atoms with Crippen LogP contribution in [0.2, 0.25) is 0 Å². The van der Waals surface area contributed by atoms with E-state index in [0.29, 0.717) is 5.92 Å². The van der Waals surface area contributed by atoms with Crippen molar-refractivity contribution < 1.29 is 0 Å². The summed E-state index contributed by atoms with van der Waals surface area (Å²) >= 11 is 1.73. The number of nitrogens with zero attached hydrogens (tertiary/aromatic N) is 2. The van der Waals surface area contributed by atoms with E-state index >= 15 is 0 Å². The lowest BCUT2D eigenvalue weighted by molar-refractivity contribution is 0.723. The maximum atomic E-state index is 5.55. The van der Waals surface area contributed by atoms with Gasteiger partial charge in [0.1, 0.15) is 0 Å². The van der Waals surface area contributed by atoms with E-state index in [4.69, 9.17) is 9.97 Å². The lowest BCUT2D eigenvalue weighted by atomic mass is 9.92. The first-order valence-corrected chi connectivity index (χ1v) is 20.9. The first-order chi connectivity index (χ1) is 26.7. The number of aryl methyl sites for hydroxylation is 6. The van der Waals surface area contributed by atoms with Gasteiger partial charge in [-0.05, 0) is 160 Å². The van der Waals surface area contributed by atoms with Crippen LogP contribution in [0.25, 0.3) is 79.8 Å². The van der Waals surface area contributed by atoms with Crippen molar-refractivity contribution in [3.05, 3.63) is 135 Å². The predicted molar refractivity (Wildman–Crippen MR) is 237 cm³/mol. The molecule has 5 heterocycles. The molecule has 3 aromatic carbocycles. The van der Waals surface area contributed by atoms with Crippen LogP contribution in [-0.2, 0) is 0 Å². The molecule has 0 unspecified atom stereocenters. The minimum absolute atomic E-state index is 0.657. The molecule has 2 N–H and O–H groups in total. The number of H-pyrrole nitrogens is 2. The van der Waals surface area contributed by atoms with Gasteiger partial charge in [-0.15, -0.1) is 11.8 Å². The van der Waals surface area contributed by atoms with Crippen molar-refractivity contribution in [2.75, 3.05) is 6.26 Å². The number of benzene rings is 3. The lowest BCUT2D eigenvalue weighted by Crippen LogP contribution is -1.95. The third-order valence-electron chi connectivity index (χ3n) is 11.8. The Balaban J connectivity index is 1.43. The second-order valence-corrected chi connectivity index (χ2v) is 16.6. The topological polar surface area (TPSA) is 57.4 Å². The standard InChI is InChI=1S/C50H48N4S/c1-28-24-30(3)45(31(4)25-28)48-39-18-16-37(51-39)47(36-14-12-35(13-15-36)34-10-8-9-11-34)38-17-19-40(52-38)49(46-32(5)26-29(2)27-33(46)6)42-21-23-44(54-42)50(55-7)43-22-20-41(48)53-43/h12-27,34,51,54H,8-11H2,1-7H3. The summed E-state index contributed by atoms with van der Waals surface area (Å²) in [5, 5.41) is 0. The molecule has 4 nitrogen and oxygen atoms in total. The molecule has 1 aliphatic carbocycles. The van der Waals surface area contributed by atoms with Crippen LogP contribution in [0, 0.1) is 41.5 Å². The zero-order chi connectivity index (χ0) is 38.0. The summed E-state index contributed by atoms with van der Waals surface area (Å²) in [5.74, 6) is 0.657. The van der Waals surface area contributed by atoms with Crippen molar-refractivity contribution in [3.63, 3.8) is 0 Å². The highest BCUT2D eigenvalue weighted by atomic mass is 32.2. The first-order valence-electron chi connectivity index (χ1n) is 19.6. The van der Waals surface area contributed by atoms with Gasteiger partial charge in [0.15, 0.2) is 0 Å². The SMILES string of the molecule is CSc1c2nc(c(-c3c(C)cc(C)cc3C)c3ccc([nH]3)c(-c3ccc(C4CCCC4)cc3)c3nc(c(-c4c(C)cc(C)cc4C)c4ccc1[nH]4)C=C3)C=C2. The smallest absolute Gasteiger partial charge is 0.0794 e. The van der Waals surface area contributed by atoms with Crippen LogP contribution in [0.3, 0.4) is 0 Å². The van der Waals surface area contributed by atoms with Gasteiger partial charge in [-0.2, -0.15) is 0 Å². The van der Waals surface area contributed by atoms with Gasteiger partial charge in [0.2, 0.25) is 0 Å². The number of aromatic amines is 2. The molecule has 0 amide bonds. The second-order valence-electron chi connectivity index (χ2n) is 15.8. The van der Waals surface area contributed by atoms with Crippen molar-refractivity contribution in [1.82, 2.24) is 19.9 Å². The van der Waals surface area contributed by atoms with Crippen molar-refractivity contribution in [1.29, 1.82) is 0 Å². The summed E-state index contributed by atoms with van der Waals surface area (Å²) < 4.78 is 0. The summed E-state index contributed by atoms with van der Waals surface area (Å²) in [5.41, 5.74) is 23.8. The van der Waals surface area contributed by atoms with Crippen LogP contribution in [0.15, 0.2) is 77.7 Å². The predicted octanol–water partition coefficient (Wildman–Crippen LogP) is 13.9. The number of nitrogens with one attached hydrogen (secondary N) is 2. The molecule has 8 bridgehead atoms. The van der Waals surface area contributed by atoms with Crippen molar-refractivity contribution in [2.45, 2.75) is 78.0 Å². The molecule has 1 fully saturated rings. The van der Waals surface area contributed by atoms with Gasteiger partial charge in [-0.1, -0.05) is 72.5 Å². The van der Waals surface area contributed by atoms with E-state index < -0.39 is 0 Å². The maximum Gasteiger partial charge on any atom is 0.0794 e. The Labute approximate surface area is 328 Å². The normalized spacial score (nSPS) is 14.0. The summed E-state index contributed by atoms with van der Waals surface area (Å²) in [7, 11) is 0. The Morgan fingerprint density at radius 2 is 0.909 bits per heavy atom. The van der Waals surface area contributed by atoms with Gasteiger partial charge in [0.05, 0.1) is 33.2 Å². The monoisotopic (exact) mass is 736 g/mol. The number of thioether (sulfide) groups is 1. The highest BCUT2D eigenvalue weighted by Crippen LogP contribution is 2.41. The molecule has 1 saturated carbocycles. The highest BCUT2D eigenvalue weighted by Gasteiger charge is 2.22. The number of hydrogen-bond donors (Lipinski definition) is 2. The molecule has 3 aromatic heterocycles. The molecule has 0 atom stereocenters. The average molecular weight is 737 g/mol. The molecule has 0 radical (unpaired) electrons. The van der Waals surface area contributed by atoms with E-state index in [-0.39, 0.29) is 0 Å². The summed E-state index contributed by atoms with van der Waals surface area (Å²) in [4.78, 5) is 19.9. The van der Waals surface area contributed by atoms with Crippen LogP contribution in [0.4, 0.5) is 0 Å². The molecule has 9 rings (SSSR count). The van der Waals surface area contributed by atoms with Crippen LogP contribution in [0.5, 0.6) is 0 Å². The second kappa shape index (κ2) is 14.0. The van der Waals surface area contributed by atoms with Gasteiger partial charge in [0, 0.05) is 33.2 Å². The van der Waals surface area contributed by atoms with Crippen LogP contribution < -0.4 is 0 Å². The fourth-order valence-corrected chi connectivity index (χ4v) is 10.2. The van der Waals surface area contributed by atoms with Crippen molar-refractivity contribution in [2.24, 2.45) is 0 Å². The van der Waals surface area contributed by atoms with Gasteiger partial charge in [-0.3, -0.25) is 0 Å². The molecular weight excluding hydrogens is 689 g/mol. The Kier molecular flexibility index (Phi) is 9.01. The average Bonchev–Trinajstić information content (AvgIpc) is 4.00. The largest absolute Gasteiger partial charge is 0.354 e. The zero-order valence-corrected chi connectivity index (χ0v) is 33.8. The van der Waals surface area contributed by atoms with E-state index in [0.717, 1.165) is 72.0 Å². The number of hydrogen-bond acceptors (Lipinski definition) is 3. The van der Waals surface area contributed by atoms with E-state index in [1.54, 1.807) is 11.8 Å². The number of aromatic nitrogens is 4. The molecule has 0 spiro atoms.